The number of rotatable bonds is 5. The molecule has 0 N–H and O–H groups in total. The van der Waals surface area contributed by atoms with Gasteiger partial charge in [-0.3, -0.25) is 9.59 Å². The second-order valence-electron chi connectivity index (χ2n) is 9.18. The van der Waals surface area contributed by atoms with Crippen molar-refractivity contribution in [3.8, 4) is 0 Å². The first-order valence-electron chi connectivity index (χ1n) is 12.0. The lowest BCUT2D eigenvalue weighted by Gasteiger charge is -2.26. The molecule has 0 bridgehead atoms. The number of nitrogens with zero attached hydrogens (tertiary/aromatic N) is 2. The highest BCUT2D eigenvalue weighted by Crippen LogP contribution is 2.45. The van der Waals surface area contributed by atoms with Crippen molar-refractivity contribution in [2.45, 2.75) is 18.5 Å². The average molecular weight is 477 g/mol. The highest BCUT2D eigenvalue weighted by Gasteiger charge is 2.52. The number of ether oxygens (including phenoxy) is 1. The number of hydrogen-bond donors (Lipinski definition) is 0. The van der Waals surface area contributed by atoms with E-state index >= 15 is 0 Å². The fraction of sp³-hybridized carbons (Fsp3) is 0.167. The molecule has 4 aromatic rings. The Bertz CT molecular complexity index is 1430. The fourth-order valence-electron chi connectivity index (χ4n) is 5.44. The third kappa shape index (κ3) is 3.62. The van der Waals surface area contributed by atoms with E-state index < -0.39 is 29.9 Å². The number of aromatic nitrogens is 1. The summed E-state index contributed by atoms with van der Waals surface area (Å²) in [7, 11) is 0. The maximum absolute atomic E-state index is 14.1. The van der Waals surface area contributed by atoms with Crippen LogP contribution in [0, 0.1) is 5.92 Å². The van der Waals surface area contributed by atoms with Gasteiger partial charge in [-0.25, -0.2) is 9.69 Å². The topological polar surface area (TPSA) is 68.6 Å². The number of cyclic esters (lactones) is 1. The van der Waals surface area contributed by atoms with Gasteiger partial charge in [-0.1, -0.05) is 91.0 Å². The van der Waals surface area contributed by atoms with Crippen LogP contribution >= 0.6 is 0 Å². The third-order valence-electron chi connectivity index (χ3n) is 7.09. The van der Waals surface area contributed by atoms with Crippen LogP contribution in [0.1, 0.15) is 44.7 Å². The maximum atomic E-state index is 14.1. The Balaban J connectivity index is 1.42. The molecule has 3 atom stereocenters. The molecular formula is C30H24N2O4. The van der Waals surface area contributed by atoms with Gasteiger partial charge in [-0.2, -0.15) is 0 Å². The SMILES string of the molecule is O=C1c2c(ccn2Cc2ccccc2)[C@H](c2ccccc2)[C@@H]1C(=O)N1C(=O)OC[C@@H]1c1ccccc1. The Labute approximate surface area is 208 Å². The molecule has 0 saturated carbocycles. The van der Waals surface area contributed by atoms with E-state index in [0.717, 1.165) is 27.2 Å². The molecule has 2 heterocycles. The van der Waals surface area contributed by atoms with E-state index in [4.69, 9.17) is 4.74 Å². The Kier molecular flexibility index (Phi) is 5.49. The number of carbonyl (C=O) groups is 3. The first-order chi connectivity index (χ1) is 17.6. The van der Waals surface area contributed by atoms with Gasteiger partial charge in [0.2, 0.25) is 5.91 Å². The van der Waals surface area contributed by atoms with E-state index in [1.54, 1.807) is 0 Å². The van der Waals surface area contributed by atoms with Crippen LogP contribution in [0.5, 0.6) is 0 Å². The molecule has 3 aromatic carbocycles. The minimum Gasteiger partial charge on any atom is -0.446 e. The standard InChI is InChI=1S/C30H24N2O4/c33-28-26(29(34)32-24(19-36-30(32)35)21-12-6-2-7-13-21)25(22-14-8-3-9-15-22)23-16-17-31(27(23)28)18-20-10-4-1-5-11-20/h1-17,24-26H,18-19H2/t24-,25+,26+/m1/s1. The van der Waals surface area contributed by atoms with Crippen molar-refractivity contribution in [2.75, 3.05) is 6.61 Å². The highest BCUT2D eigenvalue weighted by atomic mass is 16.6. The molecule has 36 heavy (non-hydrogen) atoms. The quantitative estimate of drug-likeness (QED) is 0.371. The number of amides is 2. The van der Waals surface area contributed by atoms with E-state index in [-0.39, 0.29) is 12.4 Å². The smallest absolute Gasteiger partial charge is 0.417 e. The van der Waals surface area contributed by atoms with Gasteiger partial charge in [-0.15, -0.1) is 0 Å². The Morgan fingerprint density at radius 1 is 0.806 bits per heavy atom. The van der Waals surface area contributed by atoms with E-state index in [2.05, 4.69) is 0 Å². The van der Waals surface area contributed by atoms with Crippen molar-refractivity contribution in [2.24, 2.45) is 5.92 Å². The number of benzene rings is 3. The summed E-state index contributed by atoms with van der Waals surface area (Å²) in [5.41, 5.74) is 4.05. The first-order valence-corrected chi connectivity index (χ1v) is 12.0. The van der Waals surface area contributed by atoms with Gasteiger partial charge >= 0.3 is 6.09 Å². The van der Waals surface area contributed by atoms with E-state index in [1.807, 2.05) is 108 Å². The highest BCUT2D eigenvalue weighted by molar-refractivity contribution is 6.16. The molecule has 178 valence electrons. The van der Waals surface area contributed by atoms with Crippen molar-refractivity contribution in [3.05, 3.63) is 131 Å². The molecule has 0 spiro atoms. The van der Waals surface area contributed by atoms with Crippen LogP contribution in [0.4, 0.5) is 4.79 Å². The van der Waals surface area contributed by atoms with Crippen LogP contribution < -0.4 is 0 Å². The molecule has 0 radical (unpaired) electrons. The molecule has 1 fully saturated rings. The van der Waals surface area contributed by atoms with Gasteiger partial charge < -0.3 is 9.30 Å². The van der Waals surface area contributed by atoms with Crippen molar-refractivity contribution in [1.29, 1.82) is 0 Å². The van der Waals surface area contributed by atoms with Gasteiger partial charge in [0.05, 0.1) is 5.69 Å². The van der Waals surface area contributed by atoms with E-state index in [9.17, 15) is 14.4 Å². The second kappa shape index (κ2) is 8.96. The Hall–Kier alpha value is -4.45. The molecule has 1 aliphatic carbocycles. The van der Waals surface area contributed by atoms with E-state index in [0.29, 0.717) is 12.2 Å². The fourth-order valence-corrected chi connectivity index (χ4v) is 5.44. The van der Waals surface area contributed by atoms with Gasteiger partial charge in [0.1, 0.15) is 18.6 Å². The zero-order chi connectivity index (χ0) is 24.6. The van der Waals surface area contributed by atoms with Gasteiger partial charge in [0.25, 0.3) is 0 Å². The van der Waals surface area contributed by atoms with Crippen molar-refractivity contribution in [3.63, 3.8) is 0 Å². The number of fused-ring (bicyclic) bond motifs is 1. The maximum Gasteiger partial charge on any atom is 0.417 e. The molecule has 2 aliphatic rings. The van der Waals surface area contributed by atoms with E-state index in [1.165, 1.54) is 0 Å². The normalized spacial score (nSPS) is 20.9. The van der Waals surface area contributed by atoms with Crippen LogP contribution in [-0.4, -0.2) is 33.9 Å². The zero-order valence-corrected chi connectivity index (χ0v) is 19.5. The summed E-state index contributed by atoms with van der Waals surface area (Å²) in [5.74, 6) is -2.32. The molecule has 1 aromatic heterocycles. The summed E-state index contributed by atoms with van der Waals surface area (Å²) < 4.78 is 7.21. The van der Waals surface area contributed by atoms with Gasteiger partial charge in [0, 0.05) is 18.7 Å². The third-order valence-corrected chi connectivity index (χ3v) is 7.09. The average Bonchev–Trinajstić information content (AvgIpc) is 3.59. The zero-order valence-electron chi connectivity index (χ0n) is 19.5. The summed E-state index contributed by atoms with van der Waals surface area (Å²) in [5, 5.41) is 0. The summed E-state index contributed by atoms with van der Waals surface area (Å²) >= 11 is 0. The van der Waals surface area contributed by atoms with Crippen molar-refractivity contribution < 1.29 is 19.1 Å². The lowest BCUT2D eigenvalue weighted by molar-refractivity contribution is -0.132. The predicted octanol–water partition coefficient (Wildman–Crippen LogP) is 5.20. The van der Waals surface area contributed by atoms with Crippen LogP contribution in [-0.2, 0) is 16.1 Å². The lowest BCUT2D eigenvalue weighted by atomic mass is 9.84. The van der Waals surface area contributed by atoms with Crippen LogP contribution in [0.25, 0.3) is 0 Å². The lowest BCUT2D eigenvalue weighted by Crippen LogP contribution is -2.42. The largest absolute Gasteiger partial charge is 0.446 e. The second-order valence-corrected chi connectivity index (χ2v) is 9.18. The van der Waals surface area contributed by atoms with Crippen LogP contribution in [0.15, 0.2) is 103 Å². The molecule has 6 heteroatoms. The molecular weight excluding hydrogens is 452 g/mol. The molecule has 6 nitrogen and oxygen atoms in total. The number of imide groups is 1. The predicted molar refractivity (Wildman–Crippen MR) is 133 cm³/mol. The number of Topliss-reactive ketones (excluding diaryl/α,β-unsaturated/α-hetero) is 1. The molecule has 1 aliphatic heterocycles. The molecule has 2 amide bonds. The monoisotopic (exact) mass is 476 g/mol. The molecule has 6 rings (SSSR count). The summed E-state index contributed by atoms with van der Waals surface area (Å²) in [6.45, 7) is 0.585. The van der Waals surface area contributed by atoms with Crippen LogP contribution in [0.2, 0.25) is 0 Å². The van der Waals surface area contributed by atoms with Gasteiger partial charge in [0.15, 0.2) is 5.78 Å². The number of hydrogen-bond acceptors (Lipinski definition) is 4. The van der Waals surface area contributed by atoms with Crippen molar-refractivity contribution in [1.82, 2.24) is 9.47 Å². The minimum atomic E-state index is -1.04. The first kappa shape index (κ1) is 22.0. The summed E-state index contributed by atoms with van der Waals surface area (Å²) in [6, 6.07) is 30.1. The molecule has 1 saturated heterocycles. The number of carbonyl (C=O) groups excluding carboxylic acids is 3. The summed E-state index contributed by atoms with van der Waals surface area (Å²) in [4.78, 5) is 42.0. The Morgan fingerprint density at radius 2 is 1.42 bits per heavy atom. The molecule has 0 unspecified atom stereocenters. The van der Waals surface area contributed by atoms with Crippen LogP contribution in [0.3, 0.4) is 0 Å². The summed E-state index contributed by atoms with van der Waals surface area (Å²) in [6.07, 6.45) is 1.19. The van der Waals surface area contributed by atoms with Gasteiger partial charge in [-0.05, 0) is 28.3 Å². The minimum absolute atomic E-state index is 0.0681. The Morgan fingerprint density at radius 3 is 2.08 bits per heavy atom. The van der Waals surface area contributed by atoms with Crippen molar-refractivity contribution >= 4 is 17.8 Å². The number of ketones is 1.